The first-order valence-corrected chi connectivity index (χ1v) is 12.8. The van der Waals surface area contributed by atoms with Gasteiger partial charge in [-0.05, 0) is 71.6 Å². The van der Waals surface area contributed by atoms with Crippen LogP contribution < -0.4 is 0 Å². The van der Waals surface area contributed by atoms with E-state index in [1.54, 1.807) is 43.5 Å². The SMILES string of the molecule is CC(CC(=O)c1cc(C2=NOC(c3ccccn3)C2)cc(-c2ccc(Cl)cc2F)c1)c1ccc(C(F)(F)F)nc1. The molecule has 3 heterocycles. The lowest BCUT2D eigenvalue weighted by Gasteiger charge is -2.14. The van der Waals surface area contributed by atoms with Crippen molar-refractivity contribution in [2.75, 3.05) is 0 Å². The Morgan fingerprint density at radius 1 is 1.05 bits per heavy atom. The quantitative estimate of drug-likeness (QED) is 0.167. The number of hydrogen-bond donors (Lipinski definition) is 0. The predicted molar refractivity (Wildman–Crippen MR) is 143 cm³/mol. The van der Waals surface area contributed by atoms with Crippen LogP contribution in [0.2, 0.25) is 5.02 Å². The molecule has 0 N–H and O–H groups in total. The first kappa shape index (κ1) is 27.5. The van der Waals surface area contributed by atoms with Crippen molar-refractivity contribution in [3.8, 4) is 11.1 Å². The van der Waals surface area contributed by atoms with Crippen LogP contribution in [0.4, 0.5) is 17.6 Å². The molecular weight excluding hydrogens is 546 g/mol. The minimum atomic E-state index is -4.55. The minimum Gasteiger partial charge on any atom is -0.385 e. The summed E-state index contributed by atoms with van der Waals surface area (Å²) >= 11 is 5.94. The van der Waals surface area contributed by atoms with E-state index in [-0.39, 0.29) is 22.8 Å². The number of carbonyl (C=O) groups excluding carboxylic acids is 1. The first-order chi connectivity index (χ1) is 19.1. The number of carbonyl (C=O) groups is 1. The molecule has 5 nitrogen and oxygen atoms in total. The van der Waals surface area contributed by atoms with Gasteiger partial charge in [0.15, 0.2) is 11.9 Å². The Labute approximate surface area is 232 Å². The molecule has 10 heteroatoms. The third-order valence-electron chi connectivity index (χ3n) is 6.65. The molecule has 0 aliphatic carbocycles. The summed E-state index contributed by atoms with van der Waals surface area (Å²) in [6.45, 7) is 1.73. The average Bonchev–Trinajstić information content (AvgIpc) is 3.43. The molecule has 0 amide bonds. The zero-order chi connectivity index (χ0) is 28.4. The molecule has 2 aromatic heterocycles. The highest BCUT2D eigenvalue weighted by Gasteiger charge is 2.32. The predicted octanol–water partition coefficient (Wildman–Crippen LogP) is 8.20. The van der Waals surface area contributed by atoms with Gasteiger partial charge in [-0.3, -0.25) is 14.8 Å². The molecule has 4 aromatic rings. The van der Waals surface area contributed by atoms with Gasteiger partial charge in [0, 0.05) is 46.9 Å². The summed E-state index contributed by atoms with van der Waals surface area (Å²) in [7, 11) is 0. The summed E-state index contributed by atoms with van der Waals surface area (Å²) in [5.41, 5.74) is 2.35. The van der Waals surface area contributed by atoms with Crippen molar-refractivity contribution in [1.82, 2.24) is 9.97 Å². The van der Waals surface area contributed by atoms with Gasteiger partial charge in [0.2, 0.25) is 0 Å². The van der Waals surface area contributed by atoms with Crippen molar-refractivity contribution >= 4 is 23.1 Å². The molecule has 0 spiro atoms. The van der Waals surface area contributed by atoms with Crippen LogP contribution in [0.3, 0.4) is 0 Å². The van der Waals surface area contributed by atoms with Crippen LogP contribution in [0.25, 0.3) is 11.1 Å². The number of oxime groups is 1. The zero-order valence-electron chi connectivity index (χ0n) is 21.1. The Morgan fingerprint density at radius 3 is 2.52 bits per heavy atom. The fraction of sp³-hybridized carbons (Fsp3) is 0.200. The second-order valence-electron chi connectivity index (χ2n) is 9.52. The van der Waals surface area contributed by atoms with Crippen LogP contribution in [-0.4, -0.2) is 21.5 Å². The van der Waals surface area contributed by atoms with E-state index in [0.29, 0.717) is 40.1 Å². The highest BCUT2D eigenvalue weighted by atomic mass is 35.5. The molecule has 2 aromatic carbocycles. The summed E-state index contributed by atoms with van der Waals surface area (Å²) in [6.07, 6.45) is -1.77. The van der Waals surface area contributed by atoms with Crippen molar-refractivity contribution in [2.45, 2.75) is 38.0 Å². The number of benzene rings is 2. The van der Waals surface area contributed by atoms with Crippen molar-refractivity contribution in [2.24, 2.45) is 5.16 Å². The lowest BCUT2D eigenvalue weighted by atomic mass is 9.90. The Hall–Kier alpha value is -4.11. The fourth-order valence-electron chi connectivity index (χ4n) is 4.49. The molecule has 2 unspecified atom stereocenters. The van der Waals surface area contributed by atoms with Gasteiger partial charge in [0.1, 0.15) is 11.5 Å². The second-order valence-corrected chi connectivity index (χ2v) is 9.95. The molecule has 204 valence electrons. The lowest BCUT2D eigenvalue weighted by molar-refractivity contribution is -0.141. The number of halogens is 5. The number of alkyl halides is 3. The molecule has 5 rings (SSSR count). The van der Waals surface area contributed by atoms with Crippen molar-refractivity contribution < 1.29 is 27.2 Å². The van der Waals surface area contributed by atoms with Crippen molar-refractivity contribution in [1.29, 1.82) is 0 Å². The highest BCUT2D eigenvalue weighted by molar-refractivity contribution is 6.30. The minimum absolute atomic E-state index is 0.00141. The fourth-order valence-corrected chi connectivity index (χ4v) is 4.64. The van der Waals surface area contributed by atoms with E-state index in [9.17, 15) is 22.4 Å². The van der Waals surface area contributed by atoms with E-state index in [2.05, 4.69) is 15.1 Å². The van der Waals surface area contributed by atoms with Crippen molar-refractivity contribution in [3.63, 3.8) is 0 Å². The molecule has 0 radical (unpaired) electrons. The van der Waals surface area contributed by atoms with E-state index in [1.165, 1.54) is 18.2 Å². The van der Waals surface area contributed by atoms with Crippen molar-refractivity contribution in [3.05, 3.63) is 118 Å². The summed E-state index contributed by atoms with van der Waals surface area (Å²) in [4.78, 5) is 26.9. The van der Waals surface area contributed by atoms with Gasteiger partial charge >= 0.3 is 6.18 Å². The molecule has 2 atom stereocenters. The standard InChI is InChI=1S/C30H22ClF4N3O2/c1-17(18-5-8-29(37-16-18)30(33,34)35)10-27(39)21-12-19(23-7-6-22(31)14-24(23)32)11-20(13-21)26-15-28(40-38-26)25-4-2-3-9-36-25/h2-9,11-14,16-17,28H,10,15H2,1H3. The number of Topliss-reactive ketones (excluding diaryl/α,β-unsaturated/α-hetero) is 1. The molecule has 0 fully saturated rings. The van der Waals surface area contributed by atoms with Gasteiger partial charge in [-0.15, -0.1) is 0 Å². The van der Waals surface area contributed by atoms with Gasteiger partial charge in [0.25, 0.3) is 0 Å². The molecule has 1 aliphatic rings. The number of ketones is 1. The van der Waals surface area contributed by atoms with Crippen LogP contribution in [0.15, 0.2) is 84.3 Å². The maximum absolute atomic E-state index is 14.9. The number of nitrogens with zero attached hydrogens (tertiary/aromatic N) is 3. The molecule has 1 aliphatic heterocycles. The topological polar surface area (TPSA) is 64.4 Å². The largest absolute Gasteiger partial charge is 0.433 e. The maximum atomic E-state index is 14.9. The summed E-state index contributed by atoms with van der Waals surface area (Å²) < 4.78 is 53.6. The number of hydrogen-bond acceptors (Lipinski definition) is 5. The smallest absolute Gasteiger partial charge is 0.385 e. The van der Waals surface area contributed by atoms with Gasteiger partial charge in [0.05, 0.1) is 11.4 Å². The normalized spacial score (nSPS) is 15.8. The van der Waals surface area contributed by atoms with Crippen LogP contribution in [-0.2, 0) is 11.0 Å². The van der Waals surface area contributed by atoms with E-state index < -0.39 is 29.7 Å². The molecule has 40 heavy (non-hydrogen) atoms. The second kappa shape index (κ2) is 11.2. The Bertz CT molecular complexity index is 1570. The van der Waals surface area contributed by atoms with Crippen LogP contribution in [0, 0.1) is 5.82 Å². The van der Waals surface area contributed by atoms with Gasteiger partial charge in [-0.1, -0.05) is 35.8 Å². The third-order valence-corrected chi connectivity index (χ3v) is 6.89. The van der Waals surface area contributed by atoms with Crippen LogP contribution in [0.1, 0.15) is 64.7 Å². The van der Waals surface area contributed by atoms with Gasteiger partial charge < -0.3 is 4.84 Å². The van der Waals surface area contributed by atoms with Gasteiger partial charge in [-0.25, -0.2) is 4.39 Å². The first-order valence-electron chi connectivity index (χ1n) is 12.4. The number of pyridine rings is 2. The maximum Gasteiger partial charge on any atom is 0.433 e. The van der Waals surface area contributed by atoms with E-state index in [4.69, 9.17) is 16.4 Å². The van der Waals surface area contributed by atoms with Crippen LogP contribution >= 0.6 is 11.6 Å². The number of aromatic nitrogens is 2. The lowest BCUT2D eigenvalue weighted by Crippen LogP contribution is -2.10. The molecular formula is C30H22ClF4N3O2. The monoisotopic (exact) mass is 567 g/mol. The average molecular weight is 568 g/mol. The molecule has 0 saturated carbocycles. The summed E-state index contributed by atoms with van der Waals surface area (Å²) in [5.74, 6) is -1.24. The van der Waals surface area contributed by atoms with Gasteiger partial charge in [-0.2, -0.15) is 13.2 Å². The van der Waals surface area contributed by atoms with E-state index in [1.807, 2.05) is 12.1 Å². The van der Waals surface area contributed by atoms with E-state index >= 15 is 0 Å². The third kappa shape index (κ3) is 6.04. The summed E-state index contributed by atoms with van der Waals surface area (Å²) in [6, 6.07) is 17.0. The van der Waals surface area contributed by atoms with Crippen LogP contribution in [0.5, 0.6) is 0 Å². The molecule has 0 saturated heterocycles. The number of rotatable bonds is 7. The Kier molecular flexibility index (Phi) is 7.67. The Balaban J connectivity index is 1.45. The summed E-state index contributed by atoms with van der Waals surface area (Å²) in [5, 5.41) is 4.46. The highest BCUT2D eigenvalue weighted by Crippen LogP contribution is 2.33. The van der Waals surface area contributed by atoms with E-state index in [0.717, 1.165) is 12.3 Å². The molecule has 0 bridgehead atoms. The zero-order valence-corrected chi connectivity index (χ0v) is 21.9. The Morgan fingerprint density at radius 2 is 1.85 bits per heavy atom.